The molecule has 0 aliphatic rings. The summed E-state index contributed by atoms with van der Waals surface area (Å²) >= 11 is 6.45. The van der Waals surface area contributed by atoms with E-state index in [2.05, 4.69) is 41.4 Å². The highest BCUT2D eigenvalue weighted by Crippen LogP contribution is 2.21. The van der Waals surface area contributed by atoms with E-state index in [1.807, 2.05) is 0 Å². The number of hydrogen-bond acceptors (Lipinski definition) is 3. The number of rotatable bonds is 1. The highest BCUT2D eigenvalue weighted by atomic mass is 32.1. The summed E-state index contributed by atoms with van der Waals surface area (Å²) in [6.07, 6.45) is 0. The van der Waals surface area contributed by atoms with E-state index >= 15 is 0 Å². The van der Waals surface area contributed by atoms with Crippen LogP contribution in [0.15, 0.2) is 24.3 Å². The molecule has 0 spiro atoms. The number of hydrogen-bond donors (Lipinski definition) is 1. The molecule has 0 bridgehead atoms. The van der Waals surface area contributed by atoms with Gasteiger partial charge in [-0.05, 0) is 19.1 Å². The van der Waals surface area contributed by atoms with Gasteiger partial charge in [-0.2, -0.15) is 5.10 Å². The number of nitrogens with zero attached hydrogens (tertiary/aromatic N) is 1. The third kappa shape index (κ3) is 1.84. The molecule has 2 rings (SSSR count). The summed E-state index contributed by atoms with van der Waals surface area (Å²) in [5.74, 6) is 0. The van der Waals surface area contributed by atoms with Gasteiger partial charge in [-0.3, -0.25) is 5.10 Å². The smallest absolute Gasteiger partial charge is 0.176 e. The van der Waals surface area contributed by atoms with E-state index < -0.39 is 0 Å². The van der Waals surface area contributed by atoms with Crippen molar-refractivity contribution in [2.45, 2.75) is 6.92 Å². The largest absolute Gasteiger partial charge is 0.258 e. The number of aryl methyl sites for hydroxylation is 1. The van der Waals surface area contributed by atoms with Gasteiger partial charge in [0.15, 0.2) is 3.95 Å². The average molecular weight is 208 g/mol. The number of nitrogens with one attached hydrogen (secondary N) is 1. The van der Waals surface area contributed by atoms with Crippen LogP contribution < -0.4 is 0 Å². The zero-order valence-electron chi connectivity index (χ0n) is 7.07. The van der Waals surface area contributed by atoms with Crippen LogP contribution >= 0.6 is 23.6 Å². The van der Waals surface area contributed by atoms with E-state index in [9.17, 15) is 0 Å². The van der Waals surface area contributed by atoms with Crippen LogP contribution in [-0.2, 0) is 0 Å². The Balaban J connectivity index is 2.47. The van der Waals surface area contributed by atoms with Gasteiger partial charge in [-0.1, -0.05) is 41.2 Å². The lowest BCUT2D eigenvalue weighted by Gasteiger charge is -1.94. The maximum absolute atomic E-state index is 4.96. The summed E-state index contributed by atoms with van der Waals surface area (Å²) in [5, 5.41) is 7.82. The third-order valence-corrected chi connectivity index (χ3v) is 2.87. The van der Waals surface area contributed by atoms with Gasteiger partial charge >= 0.3 is 0 Å². The second-order valence-electron chi connectivity index (χ2n) is 2.78. The first-order valence-electron chi connectivity index (χ1n) is 3.88. The second-order valence-corrected chi connectivity index (χ2v) is 4.45. The van der Waals surface area contributed by atoms with Crippen LogP contribution in [0.2, 0.25) is 0 Å². The summed E-state index contributed by atoms with van der Waals surface area (Å²) in [7, 11) is 0. The molecular formula is C9H8N2S2. The first-order chi connectivity index (χ1) is 6.25. The lowest BCUT2D eigenvalue weighted by atomic mass is 10.2. The standard InChI is InChI=1S/C9H8N2S2/c1-6-2-4-7(5-3-6)8-10-11-9(12)13-8/h2-5H,1H3,(H,11,12). The van der Waals surface area contributed by atoms with E-state index in [1.165, 1.54) is 16.9 Å². The van der Waals surface area contributed by atoms with E-state index in [0.29, 0.717) is 0 Å². The van der Waals surface area contributed by atoms with Gasteiger partial charge in [0.05, 0.1) is 0 Å². The fourth-order valence-electron chi connectivity index (χ4n) is 1.05. The number of H-pyrrole nitrogens is 1. The summed E-state index contributed by atoms with van der Waals surface area (Å²) in [6, 6.07) is 8.24. The normalized spacial score (nSPS) is 10.2. The molecule has 0 unspecified atom stereocenters. The van der Waals surface area contributed by atoms with E-state index in [-0.39, 0.29) is 0 Å². The Kier molecular flexibility index (Phi) is 2.24. The summed E-state index contributed by atoms with van der Waals surface area (Å²) in [6.45, 7) is 2.07. The summed E-state index contributed by atoms with van der Waals surface area (Å²) in [5.41, 5.74) is 2.37. The Bertz CT molecular complexity index is 453. The quantitative estimate of drug-likeness (QED) is 0.729. The Morgan fingerprint density at radius 2 is 2.00 bits per heavy atom. The van der Waals surface area contributed by atoms with E-state index in [0.717, 1.165) is 14.5 Å². The first-order valence-corrected chi connectivity index (χ1v) is 5.11. The topological polar surface area (TPSA) is 28.7 Å². The lowest BCUT2D eigenvalue weighted by Crippen LogP contribution is -1.76. The molecule has 2 nitrogen and oxygen atoms in total. The van der Waals surface area contributed by atoms with Crippen LogP contribution in [0.1, 0.15) is 5.56 Å². The van der Waals surface area contributed by atoms with Crippen molar-refractivity contribution in [1.82, 2.24) is 10.2 Å². The summed E-state index contributed by atoms with van der Waals surface area (Å²) < 4.78 is 0.718. The van der Waals surface area contributed by atoms with Crippen molar-refractivity contribution in [2.24, 2.45) is 0 Å². The van der Waals surface area contributed by atoms with Gasteiger partial charge in [-0.15, -0.1) is 0 Å². The van der Waals surface area contributed by atoms with E-state index in [1.54, 1.807) is 0 Å². The average Bonchev–Trinajstić information content (AvgIpc) is 2.53. The minimum Gasteiger partial charge on any atom is -0.258 e. The summed E-state index contributed by atoms with van der Waals surface area (Å²) in [4.78, 5) is 0. The van der Waals surface area contributed by atoms with Crippen molar-refractivity contribution >= 4 is 23.6 Å². The molecule has 4 heteroatoms. The highest BCUT2D eigenvalue weighted by molar-refractivity contribution is 7.73. The van der Waals surface area contributed by atoms with Crippen molar-refractivity contribution in [3.8, 4) is 10.6 Å². The molecular weight excluding hydrogens is 200 g/mol. The lowest BCUT2D eigenvalue weighted by molar-refractivity contribution is 1.08. The Morgan fingerprint density at radius 3 is 2.54 bits per heavy atom. The molecule has 1 N–H and O–H groups in total. The molecule has 13 heavy (non-hydrogen) atoms. The molecule has 0 saturated heterocycles. The van der Waals surface area contributed by atoms with Gasteiger partial charge in [0.2, 0.25) is 0 Å². The number of aromatic nitrogens is 2. The molecule has 0 atom stereocenters. The van der Waals surface area contributed by atoms with Crippen LogP contribution in [0.5, 0.6) is 0 Å². The zero-order valence-corrected chi connectivity index (χ0v) is 8.71. The minimum absolute atomic E-state index is 0.718. The van der Waals surface area contributed by atoms with Crippen molar-refractivity contribution < 1.29 is 0 Å². The first kappa shape index (κ1) is 8.59. The van der Waals surface area contributed by atoms with Crippen molar-refractivity contribution in [2.75, 3.05) is 0 Å². The van der Waals surface area contributed by atoms with E-state index in [4.69, 9.17) is 12.2 Å². The van der Waals surface area contributed by atoms with Gasteiger partial charge in [0.25, 0.3) is 0 Å². The monoisotopic (exact) mass is 208 g/mol. The molecule has 0 fully saturated rings. The van der Waals surface area contributed by atoms with Gasteiger partial charge in [-0.25, -0.2) is 0 Å². The van der Waals surface area contributed by atoms with Crippen molar-refractivity contribution in [3.63, 3.8) is 0 Å². The molecule has 0 radical (unpaired) electrons. The Hall–Kier alpha value is -1.00. The Morgan fingerprint density at radius 1 is 1.31 bits per heavy atom. The van der Waals surface area contributed by atoms with Crippen LogP contribution in [-0.4, -0.2) is 10.2 Å². The highest BCUT2D eigenvalue weighted by Gasteiger charge is 2.00. The molecule has 0 aliphatic carbocycles. The molecule has 1 aromatic heterocycles. The zero-order chi connectivity index (χ0) is 9.26. The molecule has 0 saturated carbocycles. The predicted octanol–water partition coefficient (Wildman–Crippen LogP) is 3.18. The van der Waals surface area contributed by atoms with Gasteiger partial charge in [0.1, 0.15) is 5.01 Å². The number of aromatic amines is 1. The Labute approximate surface area is 85.3 Å². The van der Waals surface area contributed by atoms with Crippen LogP contribution in [0.3, 0.4) is 0 Å². The molecule has 0 amide bonds. The number of benzene rings is 1. The van der Waals surface area contributed by atoms with Crippen LogP contribution in [0.4, 0.5) is 0 Å². The maximum Gasteiger partial charge on any atom is 0.176 e. The van der Waals surface area contributed by atoms with Crippen molar-refractivity contribution in [3.05, 3.63) is 33.8 Å². The molecule has 1 heterocycles. The van der Waals surface area contributed by atoms with Gasteiger partial charge in [0, 0.05) is 5.56 Å². The maximum atomic E-state index is 4.96. The van der Waals surface area contributed by atoms with Crippen molar-refractivity contribution in [1.29, 1.82) is 0 Å². The molecule has 1 aromatic carbocycles. The fraction of sp³-hybridized carbons (Fsp3) is 0.111. The molecule has 0 aliphatic heterocycles. The minimum atomic E-state index is 0.718. The fourth-order valence-corrected chi connectivity index (χ4v) is 1.94. The van der Waals surface area contributed by atoms with Gasteiger partial charge < -0.3 is 0 Å². The molecule has 66 valence electrons. The van der Waals surface area contributed by atoms with Crippen LogP contribution in [0.25, 0.3) is 10.6 Å². The second kappa shape index (κ2) is 3.40. The third-order valence-electron chi connectivity index (χ3n) is 1.74. The SMILES string of the molecule is Cc1ccc(-c2n[nH]c(=S)s2)cc1. The molecule has 2 aromatic rings. The van der Waals surface area contributed by atoms with Crippen LogP contribution in [0, 0.1) is 10.9 Å². The predicted molar refractivity (Wildman–Crippen MR) is 57.5 cm³/mol.